The number of halogens is 1. The van der Waals surface area contributed by atoms with Gasteiger partial charge in [0.15, 0.2) is 0 Å². The Bertz CT molecular complexity index is 295. The minimum atomic E-state index is 0.167. The maximum atomic E-state index is 9.16. The van der Waals surface area contributed by atoms with Gasteiger partial charge in [-0.1, -0.05) is 30.7 Å². The molecular weight excluding hydrogens is 222 g/mol. The maximum Gasteiger partial charge on any atom is 0.0471 e. The third kappa shape index (κ3) is 3.78. The first-order valence-corrected chi connectivity index (χ1v) is 6.15. The molecule has 90 valence electrons. The van der Waals surface area contributed by atoms with Gasteiger partial charge in [0, 0.05) is 11.6 Å². The molecule has 0 heterocycles. The Balaban J connectivity index is 2.70. The molecule has 3 heteroatoms. The third-order valence-electron chi connectivity index (χ3n) is 3.04. The van der Waals surface area contributed by atoms with Gasteiger partial charge in [0.25, 0.3) is 0 Å². The molecule has 1 aromatic rings. The second-order valence-corrected chi connectivity index (χ2v) is 4.61. The highest BCUT2D eigenvalue weighted by Gasteiger charge is 2.15. The van der Waals surface area contributed by atoms with Crippen molar-refractivity contribution in [1.29, 1.82) is 0 Å². The lowest BCUT2D eigenvalue weighted by Gasteiger charge is -2.20. The standard InChI is InChI=1S/C13H20ClNO/c1-2-11(7-10(8-15)9-16)12-3-5-13(14)6-4-12/h3-6,10-11,16H,2,7-9,15H2,1H3. The molecule has 3 N–H and O–H groups in total. The molecule has 16 heavy (non-hydrogen) atoms. The lowest BCUT2D eigenvalue weighted by atomic mass is 9.87. The van der Waals surface area contributed by atoms with Gasteiger partial charge in [-0.05, 0) is 48.9 Å². The van der Waals surface area contributed by atoms with Crippen molar-refractivity contribution < 1.29 is 5.11 Å². The van der Waals surface area contributed by atoms with Crippen LogP contribution in [0.3, 0.4) is 0 Å². The largest absolute Gasteiger partial charge is 0.396 e. The summed E-state index contributed by atoms with van der Waals surface area (Å²) in [7, 11) is 0. The van der Waals surface area contributed by atoms with Gasteiger partial charge >= 0.3 is 0 Å². The Labute approximate surface area is 102 Å². The SMILES string of the molecule is CCC(CC(CN)CO)c1ccc(Cl)cc1. The zero-order valence-corrected chi connectivity index (χ0v) is 10.5. The third-order valence-corrected chi connectivity index (χ3v) is 3.30. The smallest absolute Gasteiger partial charge is 0.0471 e. The zero-order valence-electron chi connectivity index (χ0n) is 9.70. The fourth-order valence-corrected chi connectivity index (χ4v) is 2.05. The summed E-state index contributed by atoms with van der Waals surface area (Å²) in [5.41, 5.74) is 6.88. The van der Waals surface area contributed by atoms with Crippen molar-refractivity contribution in [1.82, 2.24) is 0 Å². The Morgan fingerprint density at radius 1 is 1.31 bits per heavy atom. The minimum Gasteiger partial charge on any atom is -0.396 e. The summed E-state index contributed by atoms with van der Waals surface area (Å²) < 4.78 is 0. The number of aliphatic hydroxyl groups excluding tert-OH is 1. The number of rotatable bonds is 6. The molecule has 0 aliphatic carbocycles. The van der Waals surface area contributed by atoms with Crippen LogP contribution in [-0.4, -0.2) is 18.3 Å². The van der Waals surface area contributed by atoms with Crippen LogP contribution >= 0.6 is 11.6 Å². The molecule has 0 radical (unpaired) electrons. The van der Waals surface area contributed by atoms with Crippen LogP contribution in [0.5, 0.6) is 0 Å². The van der Waals surface area contributed by atoms with E-state index < -0.39 is 0 Å². The first-order valence-electron chi connectivity index (χ1n) is 5.77. The number of nitrogens with two attached hydrogens (primary N) is 1. The first-order chi connectivity index (χ1) is 7.71. The molecule has 2 unspecified atom stereocenters. The molecule has 0 aliphatic heterocycles. The van der Waals surface area contributed by atoms with E-state index in [1.54, 1.807) is 0 Å². The average Bonchev–Trinajstić information content (AvgIpc) is 2.32. The summed E-state index contributed by atoms with van der Waals surface area (Å²) >= 11 is 5.86. The summed E-state index contributed by atoms with van der Waals surface area (Å²) in [6.45, 7) is 2.87. The fourth-order valence-electron chi connectivity index (χ4n) is 1.92. The molecule has 0 saturated carbocycles. The predicted molar refractivity (Wildman–Crippen MR) is 68.7 cm³/mol. The Kier molecular flexibility index (Phi) is 5.81. The molecular formula is C13H20ClNO. The van der Waals surface area contributed by atoms with Crippen molar-refractivity contribution in [3.05, 3.63) is 34.9 Å². The number of aliphatic hydroxyl groups is 1. The van der Waals surface area contributed by atoms with Gasteiger partial charge in [0.2, 0.25) is 0 Å². The van der Waals surface area contributed by atoms with E-state index in [-0.39, 0.29) is 12.5 Å². The first kappa shape index (κ1) is 13.5. The van der Waals surface area contributed by atoms with Crippen LogP contribution in [0.4, 0.5) is 0 Å². The number of benzene rings is 1. The highest BCUT2D eigenvalue weighted by Crippen LogP contribution is 2.27. The molecule has 1 aromatic carbocycles. The highest BCUT2D eigenvalue weighted by molar-refractivity contribution is 6.30. The molecule has 1 rings (SSSR count). The highest BCUT2D eigenvalue weighted by atomic mass is 35.5. The lowest BCUT2D eigenvalue weighted by molar-refractivity contribution is 0.214. The second kappa shape index (κ2) is 6.89. The summed E-state index contributed by atoms with van der Waals surface area (Å²) in [6, 6.07) is 7.94. The van der Waals surface area contributed by atoms with Crippen LogP contribution in [0.25, 0.3) is 0 Å². The van der Waals surface area contributed by atoms with Crippen LogP contribution in [-0.2, 0) is 0 Å². The Morgan fingerprint density at radius 3 is 2.38 bits per heavy atom. The quantitative estimate of drug-likeness (QED) is 0.805. The summed E-state index contributed by atoms with van der Waals surface area (Å²) in [4.78, 5) is 0. The molecule has 0 aromatic heterocycles. The van der Waals surface area contributed by atoms with E-state index in [4.69, 9.17) is 22.4 Å². The van der Waals surface area contributed by atoms with Gasteiger partial charge in [-0.15, -0.1) is 0 Å². The second-order valence-electron chi connectivity index (χ2n) is 4.18. The van der Waals surface area contributed by atoms with Gasteiger partial charge in [-0.3, -0.25) is 0 Å². The summed E-state index contributed by atoms with van der Waals surface area (Å²) in [5, 5.41) is 9.92. The Hall–Kier alpha value is -0.570. The van der Waals surface area contributed by atoms with E-state index in [1.807, 2.05) is 12.1 Å². The van der Waals surface area contributed by atoms with Crippen LogP contribution in [0, 0.1) is 5.92 Å². The van der Waals surface area contributed by atoms with Gasteiger partial charge in [-0.25, -0.2) is 0 Å². The average molecular weight is 242 g/mol. The molecule has 0 aliphatic rings. The van der Waals surface area contributed by atoms with E-state index in [9.17, 15) is 0 Å². The maximum absolute atomic E-state index is 9.16. The zero-order chi connectivity index (χ0) is 12.0. The normalized spacial score (nSPS) is 14.8. The monoisotopic (exact) mass is 241 g/mol. The molecule has 2 nitrogen and oxygen atoms in total. The van der Waals surface area contributed by atoms with E-state index in [0.717, 1.165) is 17.9 Å². The minimum absolute atomic E-state index is 0.167. The molecule has 0 amide bonds. The predicted octanol–water partition coefficient (Wildman–Crippen LogP) is 2.79. The summed E-state index contributed by atoms with van der Waals surface area (Å²) in [6.07, 6.45) is 1.99. The van der Waals surface area contributed by atoms with E-state index in [1.165, 1.54) is 5.56 Å². The van der Waals surface area contributed by atoms with Crippen molar-refractivity contribution in [2.45, 2.75) is 25.7 Å². The number of hydrogen-bond acceptors (Lipinski definition) is 2. The molecule has 0 fully saturated rings. The van der Waals surface area contributed by atoms with Crippen molar-refractivity contribution >= 4 is 11.6 Å². The molecule has 2 atom stereocenters. The van der Waals surface area contributed by atoms with Crippen molar-refractivity contribution in [3.8, 4) is 0 Å². The Morgan fingerprint density at radius 2 is 1.94 bits per heavy atom. The van der Waals surface area contributed by atoms with Gasteiger partial charge in [0.1, 0.15) is 0 Å². The topological polar surface area (TPSA) is 46.2 Å². The fraction of sp³-hybridized carbons (Fsp3) is 0.538. The van der Waals surface area contributed by atoms with Crippen LogP contribution < -0.4 is 5.73 Å². The number of hydrogen-bond donors (Lipinski definition) is 2. The van der Waals surface area contributed by atoms with Gasteiger partial charge in [0.05, 0.1) is 0 Å². The van der Waals surface area contributed by atoms with Crippen LogP contribution in [0.1, 0.15) is 31.2 Å². The van der Waals surface area contributed by atoms with E-state index in [0.29, 0.717) is 12.5 Å². The van der Waals surface area contributed by atoms with Gasteiger partial charge in [-0.2, -0.15) is 0 Å². The van der Waals surface area contributed by atoms with Crippen LogP contribution in [0.15, 0.2) is 24.3 Å². The van der Waals surface area contributed by atoms with Gasteiger partial charge < -0.3 is 10.8 Å². The van der Waals surface area contributed by atoms with Crippen LogP contribution in [0.2, 0.25) is 5.02 Å². The van der Waals surface area contributed by atoms with E-state index in [2.05, 4.69) is 19.1 Å². The van der Waals surface area contributed by atoms with Crippen molar-refractivity contribution in [2.24, 2.45) is 11.7 Å². The van der Waals surface area contributed by atoms with Crippen molar-refractivity contribution in [2.75, 3.05) is 13.2 Å². The molecule has 0 spiro atoms. The van der Waals surface area contributed by atoms with E-state index >= 15 is 0 Å². The molecule has 0 saturated heterocycles. The lowest BCUT2D eigenvalue weighted by Crippen LogP contribution is -2.20. The van der Waals surface area contributed by atoms with Crippen molar-refractivity contribution in [3.63, 3.8) is 0 Å². The molecule has 0 bridgehead atoms. The summed E-state index contributed by atoms with van der Waals surface area (Å²) in [5.74, 6) is 0.651.